The summed E-state index contributed by atoms with van der Waals surface area (Å²) in [5.74, 6) is 0.666. The lowest BCUT2D eigenvalue weighted by atomic mass is 10.4. The van der Waals surface area contributed by atoms with Crippen LogP contribution in [0.4, 0.5) is 0 Å². The predicted molar refractivity (Wildman–Crippen MR) is 37.3 cm³/mol. The Hall–Kier alpha value is -0.940. The maximum absolute atomic E-state index is 4.85. The summed E-state index contributed by atoms with van der Waals surface area (Å²) >= 11 is 0. The van der Waals surface area contributed by atoms with E-state index in [1.165, 1.54) is 12.7 Å². The van der Waals surface area contributed by atoms with Crippen LogP contribution in [0.25, 0.3) is 0 Å². The minimum atomic E-state index is 0.666. The van der Waals surface area contributed by atoms with Crippen molar-refractivity contribution in [3.63, 3.8) is 0 Å². The van der Waals surface area contributed by atoms with Crippen molar-refractivity contribution < 1.29 is 4.52 Å². The standard InChI is InChI=1S/C6H10N4O/c1-2-8-10(3-1)4-6-7-5-9-11-6/h5,8H,1-4H2. The van der Waals surface area contributed by atoms with Crippen LogP contribution in [0, 0.1) is 0 Å². The second-order valence-corrected chi connectivity index (χ2v) is 2.52. The van der Waals surface area contributed by atoms with Crippen molar-refractivity contribution in [3.8, 4) is 0 Å². The highest BCUT2D eigenvalue weighted by Gasteiger charge is 2.12. The van der Waals surface area contributed by atoms with Gasteiger partial charge in [-0.1, -0.05) is 5.16 Å². The van der Waals surface area contributed by atoms with Gasteiger partial charge in [-0.3, -0.25) is 5.43 Å². The van der Waals surface area contributed by atoms with Gasteiger partial charge >= 0.3 is 0 Å². The van der Waals surface area contributed by atoms with Crippen molar-refractivity contribution in [3.05, 3.63) is 12.2 Å². The summed E-state index contributed by atoms with van der Waals surface area (Å²) in [4.78, 5) is 3.92. The smallest absolute Gasteiger partial charge is 0.241 e. The average molecular weight is 154 g/mol. The van der Waals surface area contributed by atoms with Gasteiger partial charge in [-0.2, -0.15) is 4.98 Å². The summed E-state index contributed by atoms with van der Waals surface area (Å²) < 4.78 is 4.85. The highest BCUT2D eigenvalue weighted by atomic mass is 16.5. The molecule has 2 rings (SSSR count). The topological polar surface area (TPSA) is 54.2 Å². The molecular formula is C6H10N4O. The molecule has 1 N–H and O–H groups in total. The summed E-state index contributed by atoms with van der Waals surface area (Å²) in [5.41, 5.74) is 3.20. The molecule has 0 saturated carbocycles. The van der Waals surface area contributed by atoms with Crippen molar-refractivity contribution in [1.29, 1.82) is 0 Å². The molecule has 0 aliphatic carbocycles. The first-order valence-corrected chi connectivity index (χ1v) is 3.69. The zero-order valence-electron chi connectivity index (χ0n) is 6.16. The van der Waals surface area contributed by atoms with Crippen LogP contribution in [0.5, 0.6) is 0 Å². The van der Waals surface area contributed by atoms with E-state index >= 15 is 0 Å². The predicted octanol–water partition coefficient (Wildman–Crippen LogP) is -0.220. The van der Waals surface area contributed by atoms with Gasteiger partial charge in [0.25, 0.3) is 0 Å². The maximum Gasteiger partial charge on any atom is 0.241 e. The number of hydrogen-bond donors (Lipinski definition) is 1. The van der Waals surface area contributed by atoms with E-state index in [9.17, 15) is 0 Å². The summed E-state index contributed by atoms with van der Waals surface area (Å²) in [6.07, 6.45) is 2.61. The van der Waals surface area contributed by atoms with Crippen LogP contribution < -0.4 is 5.43 Å². The quantitative estimate of drug-likeness (QED) is 0.638. The first-order valence-electron chi connectivity index (χ1n) is 3.69. The second-order valence-electron chi connectivity index (χ2n) is 2.52. The molecule has 0 unspecified atom stereocenters. The van der Waals surface area contributed by atoms with Crippen molar-refractivity contribution in [2.45, 2.75) is 13.0 Å². The van der Waals surface area contributed by atoms with E-state index in [0.717, 1.165) is 13.1 Å². The first kappa shape index (κ1) is 6.75. The van der Waals surface area contributed by atoms with E-state index in [4.69, 9.17) is 4.52 Å². The van der Waals surface area contributed by atoms with Crippen LogP contribution in [-0.4, -0.2) is 28.2 Å². The molecule has 60 valence electrons. The summed E-state index contributed by atoms with van der Waals surface area (Å²) in [5, 5.41) is 5.60. The molecule has 5 heteroatoms. The van der Waals surface area contributed by atoms with Crippen molar-refractivity contribution in [2.24, 2.45) is 0 Å². The highest BCUT2D eigenvalue weighted by Crippen LogP contribution is 2.01. The molecule has 1 saturated heterocycles. The third kappa shape index (κ3) is 1.55. The summed E-state index contributed by atoms with van der Waals surface area (Å²) in [6, 6.07) is 0. The zero-order chi connectivity index (χ0) is 7.52. The Labute approximate surface area is 64.4 Å². The monoisotopic (exact) mass is 154 g/mol. The number of aromatic nitrogens is 2. The Morgan fingerprint density at radius 1 is 1.73 bits per heavy atom. The molecule has 0 radical (unpaired) electrons. The van der Waals surface area contributed by atoms with E-state index in [0.29, 0.717) is 12.4 Å². The van der Waals surface area contributed by atoms with Crippen molar-refractivity contribution in [2.75, 3.05) is 13.1 Å². The SMILES string of the molecule is c1noc(CN2CCCN2)n1. The fourth-order valence-corrected chi connectivity index (χ4v) is 1.15. The van der Waals surface area contributed by atoms with Gasteiger partial charge < -0.3 is 4.52 Å². The lowest BCUT2D eigenvalue weighted by molar-refractivity contribution is 0.208. The highest BCUT2D eigenvalue weighted by molar-refractivity contribution is 4.75. The molecule has 1 aromatic rings. The van der Waals surface area contributed by atoms with Gasteiger partial charge in [0.15, 0.2) is 6.33 Å². The largest absolute Gasteiger partial charge is 0.338 e. The summed E-state index contributed by atoms with van der Waals surface area (Å²) in [7, 11) is 0. The lowest BCUT2D eigenvalue weighted by Gasteiger charge is -2.10. The van der Waals surface area contributed by atoms with Gasteiger partial charge in [0.05, 0.1) is 6.54 Å². The number of rotatable bonds is 2. The number of hydrazine groups is 1. The van der Waals surface area contributed by atoms with Gasteiger partial charge in [0.1, 0.15) is 0 Å². The summed E-state index contributed by atoms with van der Waals surface area (Å²) in [6.45, 7) is 2.82. The molecule has 1 aliphatic heterocycles. The molecule has 0 amide bonds. The normalized spacial score (nSPS) is 19.3. The molecule has 1 aliphatic rings. The third-order valence-electron chi connectivity index (χ3n) is 1.67. The molecule has 0 spiro atoms. The number of nitrogens with one attached hydrogen (secondary N) is 1. The second kappa shape index (κ2) is 2.98. The van der Waals surface area contributed by atoms with E-state index < -0.39 is 0 Å². The van der Waals surface area contributed by atoms with E-state index in [1.54, 1.807) is 0 Å². The van der Waals surface area contributed by atoms with Gasteiger partial charge in [0, 0.05) is 13.1 Å². The fraction of sp³-hybridized carbons (Fsp3) is 0.667. The Bertz CT molecular complexity index is 204. The van der Waals surface area contributed by atoms with E-state index in [-0.39, 0.29) is 0 Å². The fourth-order valence-electron chi connectivity index (χ4n) is 1.15. The van der Waals surface area contributed by atoms with Gasteiger partial charge in [-0.15, -0.1) is 0 Å². The zero-order valence-corrected chi connectivity index (χ0v) is 6.16. The molecular weight excluding hydrogens is 144 g/mol. The molecule has 1 fully saturated rings. The molecule has 2 heterocycles. The van der Waals surface area contributed by atoms with Crippen LogP contribution in [0.1, 0.15) is 12.3 Å². The van der Waals surface area contributed by atoms with Crippen LogP contribution in [0.2, 0.25) is 0 Å². The lowest BCUT2D eigenvalue weighted by Crippen LogP contribution is -2.30. The molecule has 11 heavy (non-hydrogen) atoms. The van der Waals surface area contributed by atoms with Crippen LogP contribution in [0.15, 0.2) is 10.9 Å². The van der Waals surface area contributed by atoms with Crippen LogP contribution >= 0.6 is 0 Å². The van der Waals surface area contributed by atoms with Crippen LogP contribution in [-0.2, 0) is 6.54 Å². The van der Waals surface area contributed by atoms with Gasteiger partial charge in [0.2, 0.25) is 5.89 Å². The first-order chi connectivity index (χ1) is 5.45. The van der Waals surface area contributed by atoms with Crippen molar-refractivity contribution >= 4 is 0 Å². The Morgan fingerprint density at radius 3 is 3.36 bits per heavy atom. The van der Waals surface area contributed by atoms with E-state index in [2.05, 4.69) is 20.6 Å². The Kier molecular flexibility index (Phi) is 1.83. The molecule has 0 aromatic carbocycles. The molecule has 1 aromatic heterocycles. The Morgan fingerprint density at radius 2 is 2.73 bits per heavy atom. The third-order valence-corrected chi connectivity index (χ3v) is 1.67. The number of hydrogen-bond acceptors (Lipinski definition) is 5. The van der Waals surface area contributed by atoms with Crippen LogP contribution in [0.3, 0.4) is 0 Å². The minimum absolute atomic E-state index is 0.666. The molecule has 0 bridgehead atoms. The van der Waals surface area contributed by atoms with Crippen molar-refractivity contribution in [1.82, 2.24) is 20.6 Å². The number of nitrogens with zero attached hydrogens (tertiary/aromatic N) is 3. The van der Waals surface area contributed by atoms with Gasteiger partial charge in [-0.05, 0) is 6.42 Å². The maximum atomic E-state index is 4.85. The van der Waals surface area contributed by atoms with E-state index in [1.807, 2.05) is 0 Å². The average Bonchev–Trinajstić information content (AvgIpc) is 2.60. The minimum Gasteiger partial charge on any atom is -0.338 e. The molecule has 5 nitrogen and oxygen atoms in total. The van der Waals surface area contributed by atoms with Gasteiger partial charge in [-0.25, -0.2) is 5.01 Å². The molecule has 0 atom stereocenters. The Balaban J connectivity index is 1.90.